The molecule has 90 valence electrons. The first-order valence-corrected chi connectivity index (χ1v) is 7.87. The van der Waals surface area contributed by atoms with E-state index in [1.165, 1.54) is 5.39 Å². The fourth-order valence-corrected chi connectivity index (χ4v) is 2.97. The van der Waals surface area contributed by atoms with E-state index in [1.54, 1.807) is 0 Å². The lowest BCUT2D eigenvalue weighted by Crippen LogP contribution is -1.98. The molecule has 4 heteroatoms. The van der Waals surface area contributed by atoms with Crippen LogP contribution in [0.2, 0.25) is 0 Å². The Morgan fingerprint density at radius 2 is 1.56 bits per heavy atom. The molecule has 0 saturated carbocycles. The number of fused-ring (bicyclic) bond motifs is 3. The molecule has 3 rings (SSSR count). The van der Waals surface area contributed by atoms with E-state index in [9.17, 15) is 0 Å². The van der Waals surface area contributed by atoms with Gasteiger partial charge >= 0.3 is 0 Å². The number of rotatable bonds is 2. The highest BCUT2D eigenvalue weighted by molar-refractivity contribution is 9.09. The van der Waals surface area contributed by atoms with Crippen LogP contribution in [0.15, 0.2) is 36.4 Å². The molecule has 0 atom stereocenters. The van der Waals surface area contributed by atoms with Crippen molar-refractivity contribution in [3.05, 3.63) is 47.8 Å². The van der Waals surface area contributed by atoms with Crippen LogP contribution in [-0.4, -0.2) is 9.97 Å². The molecular formula is C14H10Br2N2. The Balaban J connectivity index is 2.43. The van der Waals surface area contributed by atoms with Gasteiger partial charge in [-0.1, -0.05) is 62.2 Å². The lowest BCUT2D eigenvalue weighted by Gasteiger charge is -2.07. The Morgan fingerprint density at radius 3 is 2.33 bits per heavy atom. The van der Waals surface area contributed by atoms with Crippen LogP contribution in [0.3, 0.4) is 0 Å². The van der Waals surface area contributed by atoms with Crippen molar-refractivity contribution in [3.8, 4) is 0 Å². The third-order valence-electron chi connectivity index (χ3n) is 2.97. The lowest BCUT2D eigenvalue weighted by atomic mass is 10.1. The molecule has 1 aromatic heterocycles. The first-order valence-electron chi connectivity index (χ1n) is 5.62. The fourth-order valence-electron chi connectivity index (χ4n) is 2.07. The zero-order valence-corrected chi connectivity index (χ0v) is 12.7. The maximum Gasteiger partial charge on any atom is 0.0968 e. The number of alkyl halides is 2. The molecule has 0 unspecified atom stereocenters. The summed E-state index contributed by atoms with van der Waals surface area (Å²) < 4.78 is 0. The second-order valence-corrected chi connectivity index (χ2v) is 5.16. The van der Waals surface area contributed by atoms with Gasteiger partial charge in [-0.15, -0.1) is 0 Å². The van der Waals surface area contributed by atoms with Crippen LogP contribution in [0.25, 0.3) is 21.8 Å². The standard InChI is InChI=1S/C14H10Br2N2/c15-7-12-13(8-16)18-14-10-4-2-1-3-9(10)5-6-11(14)17-12/h1-6H,7-8H2. The zero-order chi connectivity index (χ0) is 12.5. The second kappa shape index (κ2) is 4.94. The van der Waals surface area contributed by atoms with E-state index in [0.717, 1.165) is 38.5 Å². The summed E-state index contributed by atoms with van der Waals surface area (Å²) in [6, 6.07) is 12.4. The van der Waals surface area contributed by atoms with Crippen molar-refractivity contribution in [3.63, 3.8) is 0 Å². The lowest BCUT2D eigenvalue weighted by molar-refractivity contribution is 1.08. The second-order valence-electron chi connectivity index (χ2n) is 4.04. The van der Waals surface area contributed by atoms with E-state index < -0.39 is 0 Å². The molecular weight excluding hydrogens is 356 g/mol. The predicted octanol–water partition coefficient (Wildman–Crippen LogP) is 4.57. The number of hydrogen-bond donors (Lipinski definition) is 0. The molecule has 0 aliphatic heterocycles. The molecule has 3 aromatic rings. The predicted molar refractivity (Wildman–Crippen MR) is 82.3 cm³/mol. The van der Waals surface area contributed by atoms with E-state index in [-0.39, 0.29) is 0 Å². The third kappa shape index (κ3) is 1.93. The normalized spacial score (nSPS) is 11.2. The van der Waals surface area contributed by atoms with Crippen LogP contribution in [0.5, 0.6) is 0 Å². The van der Waals surface area contributed by atoms with Gasteiger partial charge in [-0.25, -0.2) is 9.97 Å². The monoisotopic (exact) mass is 364 g/mol. The van der Waals surface area contributed by atoms with Gasteiger partial charge in [-0.2, -0.15) is 0 Å². The van der Waals surface area contributed by atoms with Gasteiger partial charge in [-0.3, -0.25) is 0 Å². The van der Waals surface area contributed by atoms with Crippen LogP contribution in [0.1, 0.15) is 11.4 Å². The SMILES string of the molecule is BrCc1nc2ccc3ccccc3c2nc1CBr. The summed E-state index contributed by atoms with van der Waals surface area (Å²) >= 11 is 6.94. The fraction of sp³-hybridized carbons (Fsp3) is 0.143. The molecule has 0 aliphatic carbocycles. The Labute approximate surface area is 122 Å². The van der Waals surface area contributed by atoms with Crippen LogP contribution >= 0.6 is 31.9 Å². The smallest absolute Gasteiger partial charge is 0.0968 e. The number of hydrogen-bond acceptors (Lipinski definition) is 2. The van der Waals surface area contributed by atoms with Gasteiger partial charge in [0.05, 0.1) is 22.4 Å². The van der Waals surface area contributed by atoms with Crippen molar-refractivity contribution < 1.29 is 0 Å². The summed E-state index contributed by atoms with van der Waals surface area (Å²) in [5.41, 5.74) is 3.92. The van der Waals surface area contributed by atoms with Gasteiger partial charge in [-0.05, 0) is 11.5 Å². The van der Waals surface area contributed by atoms with Crippen LogP contribution < -0.4 is 0 Å². The minimum atomic E-state index is 0.722. The van der Waals surface area contributed by atoms with Crippen LogP contribution in [0, 0.1) is 0 Å². The molecule has 0 bridgehead atoms. The summed E-state index contributed by atoms with van der Waals surface area (Å²) in [6.45, 7) is 0. The Morgan fingerprint density at radius 1 is 0.833 bits per heavy atom. The highest BCUT2D eigenvalue weighted by Gasteiger charge is 2.09. The average molecular weight is 366 g/mol. The molecule has 0 radical (unpaired) electrons. The molecule has 2 aromatic carbocycles. The first-order chi connectivity index (χ1) is 8.83. The highest BCUT2D eigenvalue weighted by atomic mass is 79.9. The zero-order valence-electron chi connectivity index (χ0n) is 9.53. The number of benzene rings is 2. The summed E-state index contributed by atoms with van der Waals surface area (Å²) in [4.78, 5) is 9.43. The van der Waals surface area contributed by atoms with Crippen LogP contribution in [-0.2, 0) is 10.7 Å². The molecule has 0 saturated heterocycles. The van der Waals surface area contributed by atoms with Crippen molar-refractivity contribution in [2.45, 2.75) is 10.7 Å². The van der Waals surface area contributed by atoms with Gasteiger partial charge < -0.3 is 0 Å². The minimum absolute atomic E-state index is 0.722. The van der Waals surface area contributed by atoms with Crippen molar-refractivity contribution in [1.29, 1.82) is 0 Å². The minimum Gasteiger partial charge on any atom is -0.248 e. The van der Waals surface area contributed by atoms with Gasteiger partial charge in [0.25, 0.3) is 0 Å². The van der Waals surface area contributed by atoms with E-state index in [4.69, 9.17) is 4.98 Å². The van der Waals surface area contributed by atoms with Gasteiger partial charge in [0.2, 0.25) is 0 Å². The highest BCUT2D eigenvalue weighted by Crippen LogP contribution is 2.24. The van der Waals surface area contributed by atoms with Gasteiger partial charge in [0.15, 0.2) is 0 Å². The molecule has 0 fully saturated rings. The Hall–Kier alpha value is -1.00. The molecule has 0 spiro atoms. The van der Waals surface area contributed by atoms with E-state index in [1.807, 2.05) is 18.2 Å². The third-order valence-corrected chi connectivity index (χ3v) is 4.03. The Kier molecular flexibility index (Phi) is 3.31. The van der Waals surface area contributed by atoms with E-state index in [2.05, 4.69) is 55.0 Å². The first kappa shape index (κ1) is 12.1. The molecule has 18 heavy (non-hydrogen) atoms. The number of nitrogens with zero attached hydrogens (tertiary/aromatic N) is 2. The largest absolute Gasteiger partial charge is 0.248 e. The van der Waals surface area contributed by atoms with Crippen molar-refractivity contribution in [2.24, 2.45) is 0 Å². The quantitative estimate of drug-likeness (QED) is 0.491. The van der Waals surface area contributed by atoms with E-state index >= 15 is 0 Å². The van der Waals surface area contributed by atoms with E-state index in [0.29, 0.717) is 0 Å². The molecule has 2 nitrogen and oxygen atoms in total. The molecule has 0 amide bonds. The van der Waals surface area contributed by atoms with Crippen molar-refractivity contribution >= 4 is 53.7 Å². The summed E-state index contributed by atoms with van der Waals surface area (Å²) in [7, 11) is 0. The van der Waals surface area contributed by atoms with Crippen LogP contribution in [0.4, 0.5) is 0 Å². The number of halogens is 2. The van der Waals surface area contributed by atoms with Crippen molar-refractivity contribution in [2.75, 3.05) is 0 Å². The summed E-state index contributed by atoms with van der Waals surface area (Å²) in [5, 5.41) is 3.81. The Bertz CT molecular complexity index is 725. The van der Waals surface area contributed by atoms with Crippen molar-refractivity contribution in [1.82, 2.24) is 9.97 Å². The molecule has 0 N–H and O–H groups in total. The topological polar surface area (TPSA) is 25.8 Å². The molecule has 0 aliphatic rings. The average Bonchev–Trinajstić information content (AvgIpc) is 2.45. The number of aromatic nitrogens is 2. The van der Waals surface area contributed by atoms with Gasteiger partial charge in [0, 0.05) is 16.0 Å². The van der Waals surface area contributed by atoms with Gasteiger partial charge in [0.1, 0.15) is 0 Å². The maximum atomic E-state index is 4.75. The molecule has 1 heterocycles. The maximum absolute atomic E-state index is 4.75. The summed E-state index contributed by atoms with van der Waals surface area (Å²) in [5.74, 6) is 0. The summed E-state index contributed by atoms with van der Waals surface area (Å²) in [6.07, 6.45) is 0.